The van der Waals surface area contributed by atoms with E-state index < -0.39 is 0 Å². The number of rotatable bonds is 14. The molecule has 0 saturated heterocycles. The Morgan fingerprint density at radius 3 is 2.68 bits per heavy atom. The highest BCUT2D eigenvalue weighted by atomic mass is 16.5. The number of fused-ring (bicyclic) bond motifs is 3. The van der Waals surface area contributed by atoms with Crippen LogP contribution in [0.15, 0.2) is 42.5 Å². The Hall–Kier alpha value is -3.36. The van der Waals surface area contributed by atoms with E-state index in [2.05, 4.69) is 63.3 Å². The molecule has 1 atom stereocenters. The number of hydrogen-bond acceptors (Lipinski definition) is 7. The topological polar surface area (TPSA) is 110 Å². The van der Waals surface area contributed by atoms with E-state index >= 15 is 0 Å². The molecular weight excluding hydrogens is 464 g/mol. The van der Waals surface area contributed by atoms with Crippen LogP contribution in [-0.4, -0.2) is 45.9 Å². The number of unbranched alkanes of at least 4 members (excludes halogenated alkanes) is 1. The Morgan fingerprint density at radius 2 is 1.92 bits per heavy atom. The first-order valence-corrected chi connectivity index (χ1v) is 13.4. The summed E-state index contributed by atoms with van der Waals surface area (Å²) < 4.78 is 8.02. The maximum atomic E-state index is 9.63. The number of hydrogen-bond donors (Lipinski definition) is 4. The van der Waals surface area contributed by atoms with E-state index in [0.717, 1.165) is 59.2 Å². The molecule has 5 N–H and O–H groups in total. The Morgan fingerprint density at radius 1 is 1.08 bits per heavy atom. The predicted octanol–water partition coefficient (Wildman–Crippen LogP) is 5.08. The number of ether oxygens (including phenoxy) is 1. The van der Waals surface area contributed by atoms with Gasteiger partial charge >= 0.3 is 0 Å². The zero-order valence-electron chi connectivity index (χ0n) is 22.3. The molecule has 0 unspecified atom stereocenters. The number of methoxy groups -OCH3 is 1. The molecule has 0 saturated carbocycles. The normalized spacial score (nSPS) is 12.3. The van der Waals surface area contributed by atoms with Crippen LogP contribution >= 0.6 is 0 Å². The summed E-state index contributed by atoms with van der Waals surface area (Å²) in [6, 6.07) is 14.7. The molecule has 37 heavy (non-hydrogen) atoms. The van der Waals surface area contributed by atoms with E-state index in [9.17, 15) is 5.11 Å². The molecule has 0 aliphatic carbocycles. The summed E-state index contributed by atoms with van der Waals surface area (Å²) in [7, 11) is 1.71. The Balaban J connectivity index is 1.81. The van der Waals surface area contributed by atoms with Crippen molar-refractivity contribution in [1.82, 2.24) is 19.9 Å². The highest BCUT2D eigenvalue weighted by Gasteiger charge is 2.20. The van der Waals surface area contributed by atoms with Crippen molar-refractivity contribution in [2.24, 2.45) is 0 Å². The molecule has 198 valence electrons. The fourth-order valence-corrected chi connectivity index (χ4v) is 4.97. The molecular formula is C29H40N6O2. The number of nitrogen functional groups attached to an aromatic ring is 1. The second-order valence-electron chi connectivity index (χ2n) is 9.55. The molecule has 0 fully saturated rings. The number of nitrogens with two attached hydrogens (primary N) is 1. The van der Waals surface area contributed by atoms with Crippen LogP contribution in [0.2, 0.25) is 0 Å². The van der Waals surface area contributed by atoms with E-state index in [0.29, 0.717) is 18.8 Å². The molecule has 0 bridgehead atoms. The third-order valence-corrected chi connectivity index (χ3v) is 6.79. The molecule has 4 rings (SSSR count). The molecule has 0 radical (unpaired) electrons. The summed E-state index contributed by atoms with van der Waals surface area (Å²) in [6.45, 7) is 6.87. The first-order valence-electron chi connectivity index (χ1n) is 13.4. The summed E-state index contributed by atoms with van der Waals surface area (Å²) in [4.78, 5) is 9.29. The summed E-state index contributed by atoms with van der Waals surface area (Å²) >= 11 is 0. The molecule has 8 nitrogen and oxygen atoms in total. The molecule has 2 heterocycles. The number of nitrogens with one attached hydrogen (secondary N) is 2. The monoisotopic (exact) mass is 504 g/mol. The Kier molecular flexibility index (Phi) is 9.19. The van der Waals surface area contributed by atoms with E-state index in [4.69, 9.17) is 10.5 Å². The quantitative estimate of drug-likeness (QED) is 0.177. The molecule has 0 spiro atoms. The number of aromatic nitrogens is 3. The van der Waals surface area contributed by atoms with Gasteiger partial charge in [-0.2, -0.15) is 4.98 Å². The van der Waals surface area contributed by atoms with Gasteiger partial charge in [-0.05, 0) is 49.6 Å². The van der Waals surface area contributed by atoms with Crippen molar-refractivity contribution in [3.63, 3.8) is 0 Å². The van der Waals surface area contributed by atoms with Gasteiger partial charge in [0.25, 0.3) is 0 Å². The van der Waals surface area contributed by atoms with Crippen LogP contribution in [0.1, 0.15) is 57.1 Å². The minimum atomic E-state index is 0.0889. The van der Waals surface area contributed by atoms with Crippen LogP contribution in [0.5, 0.6) is 5.75 Å². The van der Waals surface area contributed by atoms with Gasteiger partial charge in [0.15, 0.2) is 5.82 Å². The molecule has 0 aliphatic rings. The maximum Gasteiger partial charge on any atom is 0.222 e. The number of aliphatic hydroxyl groups is 1. The van der Waals surface area contributed by atoms with Crippen molar-refractivity contribution in [2.45, 2.75) is 65.1 Å². The van der Waals surface area contributed by atoms with Crippen LogP contribution in [0, 0.1) is 0 Å². The fourth-order valence-electron chi connectivity index (χ4n) is 4.97. The van der Waals surface area contributed by atoms with Crippen molar-refractivity contribution in [3.8, 4) is 5.75 Å². The van der Waals surface area contributed by atoms with E-state index in [1.54, 1.807) is 7.11 Å². The molecule has 0 aliphatic heterocycles. The van der Waals surface area contributed by atoms with Crippen LogP contribution in [0.25, 0.3) is 21.9 Å². The predicted molar refractivity (Wildman–Crippen MR) is 152 cm³/mol. The third-order valence-electron chi connectivity index (χ3n) is 6.79. The number of aliphatic hydroxyl groups excluding tert-OH is 1. The van der Waals surface area contributed by atoms with Crippen molar-refractivity contribution in [1.29, 1.82) is 0 Å². The Bertz CT molecular complexity index is 1310. The Labute approximate surface area is 219 Å². The average Bonchev–Trinajstić information content (AvgIpc) is 3.20. The van der Waals surface area contributed by atoms with Gasteiger partial charge in [0, 0.05) is 30.1 Å². The van der Waals surface area contributed by atoms with Crippen molar-refractivity contribution in [3.05, 3.63) is 53.6 Å². The fraction of sp³-hybridized carbons (Fsp3) is 0.448. The van der Waals surface area contributed by atoms with Crippen LogP contribution < -0.4 is 21.1 Å². The maximum absolute atomic E-state index is 9.63. The number of anilines is 2. The van der Waals surface area contributed by atoms with Gasteiger partial charge in [-0.1, -0.05) is 51.0 Å². The molecule has 2 aromatic carbocycles. The lowest BCUT2D eigenvalue weighted by molar-refractivity contribution is 0.276. The van der Waals surface area contributed by atoms with Crippen LogP contribution in [0.3, 0.4) is 0 Å². The summed E-state index contributed by atoms with van der Waals surface area (Å²) in [6.07, 6.45) is 4.90. The smallest absolute Gasteiger partial charge is 0.222 e. The van der Waals surface area contributed by atoms with Gasteiger partial charge in [-0.3, -0.25) is 0 Å². The van der Waals surface area contributed by atoms with E-state index in [-0.39, 0.29) is 18.6 Å². The highest BCUT2D eigenvalue weighted by Crippen LogP contribution is 2.34. The van der Waals surface area contributed by atoms with Crippen LogP contribution in [0.4, 0.5) is 11.8 Å². The average molecular weight is 505 g/mol. The lowest BCUT2D eigenvalue weighted by atomic mass is 10.1. The number of benzene rings is 2. The molecule has 0 amide bonds. The number of para-hydroxylation sites is 1. The molecule has 8 heteroatoms. The number of nitrogens with zero attached hydrogens (tertiary/aromatic N) is 3. The molecule has 2 aromatic heterocycles. The van der Waals surface area contributed by atoms with E-state index in [1.807, 2.05) is 18.2 Å². The van der Waals surface area contributed by atoms with Gasteiger partial charge in [-0.25, -0.2) is 4.98 Å². The van der Waals surface area contributed by atoms with Gasteiger partial charge in [-0.15, -0.1) is 0 Å². The van der Waals surface area contributed by atoms with Crippen molar-refractivity contribution < 1.29 is 9.84 Å². The minimum absolute atomic E-state index is 0.0889. The van der Waals surface area contributed by atoms with E-state index in [1.165, 1.54) is 18.4 Å². The SMILES string of the molecule is CCCCNCc1ccc(OC)c(Cn2c3ccccc3c3nc(N)nc(N[C@@H](CCC)CCO)c32)c1. The standard InChI is InChI=1S/C29H40N6O2/c1-4-6-15-31-18-20-12-13-25(37-3)21(17-20)19-35-24-11-8-7-10-23(24)26-27(35)28(34-29(30)33-26)32-22(9-5-2)14-16-36/h7-8,10-13,17,22,31,36H,4-6,9,14-16,18-19H2,1-3H3,(H3,30,32,33,34)/t22-/m0/s1. The summed E-state index contributed by atoms with van der Waals surface area (Å²) in [5, 5.41) is 17.8. The van der Waals surface area contributed by atoms with Gasteiger partial charge < -0.3 is 30.8 Å². The van der Waals surface area contributed by atoms with Crippen molar-refractivity contribution >= 4 is 33.7 Å². The largest absolute Gasteiger partial charge is 0.496 e. The first kappa shape index (κ1) is 26.7. The minimum Gasteiger partial charge on any atom is -0.496 e. The molecule has 4 aromatic rings. The van der Waals surface area contributed by atoms with Gasteiger partial charge in [0.1, 0.15) is 16.8 Å². The van der Waals surface area contributed by atoms with Gasteiger partial charge in [0.05, 0.1) is 19.2 Å². The summed E-state index contributed by atoms with van der Waals surface area (Å²) in [5.74, 6) is 1.77. The second-order valence-corrected chi connectivity index (χ2v) is 9.55. The lowest BCUT2D eigenvalue weighted by Crippen LogP contribution is -2.22. The third kappa shape index (κ3) is 6.14. The zero-order valence-corrected chi connectivity index (χ0v) is 22.3. The second kappa shape index (κ2) is 12.7. The summed E-state index contributed by atoms with van der Waals surface area (Å²) in [5.41, 5.74) is 11.3. The zero-order chi connectivity index (χ0) is 26.2. The van der Waals surface area contributed by atoms with Crippen molar-refractivity contribution in [2.75, 3.05) is 31.3 Å². The van der Waals surface area contributed by atoms with Crippen LogP contribution in [-0.2, 0) is 13.1 Å². The first-order chi connectivity index (χ1) is 18.1. The van der Waals surface area contributed by atoms with Gasteiger partial charge in [0.2, 0.25) is 5.95 Å². The lowest BCUT2D eigenvalue weighted by Gasteiger charge is -2.20. The highest BCUT2D eigenvalue weighted by molar-refractivity contribution is 6.09.